The summed E-state index contributed by atoms with van der Waals surface area (Å²) < 4.78 is 11.1. The molecule has 0 saturated carbocycles. The van der Waals surface area contributed by atoms with Gasteiger partial charge in [0, 0.05) is 5.88 Å². The number of para-hydroxylation sites is 2. The fraction of sp³-hybridized carbons (Fsp3) is 0.200. The van der Waals surface area contributed by atoms with E-state index in [1.54, 1.807) is 7.11 Å². The number of ether oxygens (including phenoxy) is 2. The van der Waals surface area contributed by atoms with Gasteiger partial charge >= 0.3 is 0 Å². The van der Waals surface area contributed by atoms with E-state index in [0.29, 0.717) is 11.6 Å². The molecule has 94 valence electrons. The smallest absolute Gasteiger partial charge is 0.169 e. The summed E-state index contributed by atoms with van der Waals surface area (Å²) in [5.41, 5.74) is 2.24. The molecule has 2 nitrogen and oxygen atoms in total. The monoisotopic (exact) mass is 262 g/mol. The van der Waals surface area contributed by atoms with Crippen molar-refractivity contribution in [3.8, 4) is 17.2 Å². The Morgan fingerprint density at radius 2 is 1.78 bits per heavy atom. The lowest BCUT2D eigenvalue weighted by molar-refractivity contribution is 0.379. The molecule has 0 amide bonds. The maximum atomic E-state index is 5.83. The van der Waals surface area contributed by atoms with Gasteiger partial charge in [0.15, 0.2) is 11.5 Å². The molecule has 0 aromatic heterocycles. The Morgan fingerprint density at radius 3 is 2.39 bits per heavy atom. The number of rotatable bonds is 4. The van der Waals surface area contributed by atoms with Crippen LogP contribution in [-0.4, -0.2) is 7.11 Å². The van der Waals surface area contributed by atoms with Crippen LogP contribution < -0.4 is 9.47 Å². The fourth-order valence-electron chi connectivity index (χ4n) is 1.71. The lowest BCUT2D eigenvalue weighted by Gasteiger charge is -2.11. The van der Waals surface area contributed by atoms with Gasteiger partial charge < -0.3 is 9.47 Å². The summed E-state index contributed by atoms with van der Waals surface area (Å²) in [6.07, 6.45) is 0. The van der Waals surface area contributed by atoms with E-state index >= 15 is 0 Å². The van der Waals surface area contributed by atoms with Crippen LogP contribution in [0.15, 0.2) is 42.5 Å². The first kappa shape index (κ1) is 12.8. The van der Waals surface area contributed by atoms with Crippen LogP contribution >= 0.6 is 11.6 Å². The average Bonchev–Trinajstić information content (AvgIpc) is 2.39. The maximum Gasteiger partial charge on any atom is 0.169 e. The second-order valence-electron chi connectivity index (χ2n) is 3.97. The van der Waals surface area contributed by atoms with Crippen molar-refractivity contribution >= 4 is 11.6 Å². The quantitative estimate of drug-likeness (QED) is 0.754. The Kier molecular flexibility index (Phi) is 4.11. The zero-order valence-electron chi connectivity index (χ0n) is 10.4. The SMILES string of the molecule is COc1ccccc1Oc1ccc(CCl)c(C)c1. The van der Waals surface area contributed by atoms with Crippen molar-refractivity contribution in [2.24, 2.45) is 0 Å². The van der Waals surface area contributed by atoms with Gasteiger partial charge in [-0.2, -0.15) is 0 Å². The molecule has 0 fully saturated rings. The first-order chi connectivity index (χ1) is 8.74. The van der Waals surface area contributed by atoms with Crippen LogP contribution in [0, 0.1) is 6.92 Å². The van der Waals surface area contributed by atoms with Gasteiger partial charge in [0.1, 0.15) is 5.75 Å². The molecule has 0 radical (unpaired) electrons. The van der Waals surface area contributed by atoms with E-state index in [1.807, 2.05) is 49.4 Å². The second-order valence-corrected chi connectivity index (χ2v) is 4.24. The number of benzene rings is 2. The molecule has 0 atom stereocenters. The molecule has 18 heavy (non-hydrogen) atoms. The molecule has 2 aromatic carbocycles. The summed E-state index contributed by atoms with van der Waals surface area (Å²) in [7, 11) is 1.63. The molecule has 0 saturated heterocycles. The molecule has 0 aliphatic carbocycles. The zero-order valence-corrected chi connectivity index (χ0v) is 11.2. The standard InChI is InChI=1S/C15H15ClO2/c1-11-9-13(8-7-12(11)10-16)18-15-6-4-3-5-14(15)17-2/h3-9H,10H2,1-2H3. The highest BCUT2D eigenvalue weighted by Gasteiger charge is 2.05. The van der Waals surface area contributed by atoms with Crippen LogP contribution in [0.2, 0.25) is 0 Å². The van der Waals surface area contributed by atoms with E-state index in [0.717, 1.165) is 22.6 Å². The first-order valence-electron chi connectivity index (χ1n) is 5.71. The van der Waals surface area contributed by atoms with Gasteiger partial charge in [-0.1, -0.05) is 18.2 Å². The van der Waals surface area contributed by atoms with Crippen LogP contribution in [0.4, 0.5) is 0 Å². The summed E-state index contributed by atoms with van der Waals surface area (Å²) in [4.78, 5) is 0. The Balaban J connectivity index is 2.26. The van der Waals surface area contributed by atoms with Crippen molar-refractivity contribution in [3.63, 3.8) is 0 Å². The molecular weight excluding hydrogens is 248 g/mol. The summed E-state index contributed by atoms with van der Waals surface area (Å²) in [6, 6.07) is 13.4. The minimum Gasteiger partial charge on any atom is -0.493 e. The first-order valence-corrected chi connectivity index (χ1v) is 6.24. The van der Waals surface area contributed by atoms with E-state index in [4.69, 9.17) is 21.1 Å². The highest BCUT2D eigenvalue weighted by molar-refractivity contribution is 6.17. The summed E-state index contributed by atoms with van der Waals surface area (Å²) in [5.74, 6) is 2.72. The minimum atomic E-state index is 0.515. The van der Waals surface area contributed by atoms with E-state index in [2.05, 4.69) is 0 Å². The van der Waals surface area contributed by atoms with Gasteiger partial charge in [0.05, 0.1) is 7.11 Å². The third kappa shape index (κ3) is 2.77. The molecule has 0 unspecified atom stereocenters. The highest BCUT2D eigenvalue weighted by Crippen LogP contribution is 2.31. The molecule has 0 bridgehead atoms. The lowest BCUT2D eigenvalue weighted by atomic mass is 10.1. The third-order valence-electron chi connectivity index (χ3n) is 2.75. The largest absolute Gasteiger partial charge is 0.493 e. The minimum absolute atomic E-state index is 0.515. The van der Waals surface area contributed by atoms with Crippen LogP contribution in [0.3, 0.4) is 0 Å². The van der Waals surface area contributed by atoms with Crippen LogP contribution in [0.1, 0.15) is 11.1 Å². The molecule has 2 rings (SSSR count). The topological polar surface area (TPSA) is 18.5 Å². The fourth-order valence-corrected chi connectivity index (χ4v) is 2.01. The van der Waals surface area contributed by atoms with Crippen molar-refractivity contribution in [3.05, 3.63) is 53.6 Å². The number of hydrogen-bond donors (Lipinski definition) is 0. The van der Waals surface area contributed by atoms with Crippen molar-refractivity contribution in [1.29, 1.82) is 0 Å². The predicted octanol–water partition coefficient (Wildman–Crippen LogP) is 4.53. The second kappa shape index (κ2) is 5.78. The lowest BCUT2D eigenvalue weighted by Crippen LogP contribution is -1.91. The zero-order chi connectivity index (χ0) is 13.0. The maximum absolute atomic E-state index is 5.83. The van der Waals surface area contributed by atoms with Gasteiger partial charge in [0.2, 0.25) is 0 Å². The van der Waals surface area contributed by atoms with Gasteiger partial charge in [-0.05, 0) is 42.3 Å². The normalized spacial score (nSPS) is 10.2. The number of halogens is 1. The number of hydrogen-bond acceptors (Lipinski definition) is 2. The molecule has 0 aliphatic heterocycles. The highest BCUT2D eigenvalue weighted by atomic mass is 35.5. The van der Waals surface area contributed by atoms with Crippen molar-refractivity contribution in [2.75, 3.05) is 7.11 Å². The van der Waals surface area contributed by atoms with Crippen LogP contribution in [0.5, 0.6) is 17.2 Å². The van der Waals surface area contributed by atoms with E-state index in [1.165, 1.54) is 0 Å². The van der Waals surface area contributed by atoms with Gasteiger partial charge in [-0.15, -0.1) is 11.6 Å². The number of aryl methyl sites for hydroxylation is 1. The summed E-state index contributed by atoms with van der Waals surface area (Å²) >= 11 is 5.83. The van der Waals surface area contributed by atoms with Gasteiger partial charge in [-0.3, -0.25) is 0 Å². The average molecular weight is 263 g/mol. The third-order valence-corrected chi connectivity index (χ3v) is 3.04. The molecular formula is C15H15ClO2. The van der Waals surface area contributed by atoms with Gasteiger partial charge in [0.25, 0.3) is 0 Å². The Morgan fingerprint density at radius 1 is 1.06 bits per heavy atom. The van der Waals surface area contributed by atoms with E-state index < -0.39 is 0 Å². The Hall–Kier alpha value is -1.67. The molecule has 0 N–H and O–H groups in total. The predicted molar refractivity (Wildman–Crippen MR) is 73.8 cm³/mol. The molecule has 0 spiro atoms. The molecule has 2 aromatic rings. The van der Waals surface area contributed by atoms with Crippen LogP contribution in [-0.2, 0) is 5.88 Å². The van der Waals surface area contributed by atoms with Crippen molar-refractivity contribution < 1.29 is 9.47 Å². The van der Waals surface area contributed by atoms with Gasteiger partial charge in [-0.25, -0.2) is 0 Å². The Labute approximate surface area is 112 Å². The summed E-state index contributed by atoms with van der Waals surface area (Å²) in [5, 5.41) is 0. The number of alkyl halides is 1. The van der Waals surface area contributed by atoms with Crippen LogP contribution in [0.25, 0.3) is 0 Å². The molecule has 0 aliphatic rings. The Bertz CT molecular complexity index is 538. The molecule has 0 heterocycles. The van der Waals surface area contributed by atoms with Crippen molar-refractivity contribution in [2.45, 2.75) is 12.8 Å². The number of methoxy groups -OCH3 is 1. The summed E-state index contributed by atoms with van der Waals surface area (Å²) in [6.45, 7) is 2.02. The molecule has 3 heteroatoms. The van der Waals surface area contributed by atoms with Crippen molar-refractivity contribution in [1.82, 2.24) is 0 Å². The van der Waals surface area contributed by atoms with E-state index in [9.17, 15) is 0 Å². The van der Waals surface area contributed by atoms with E-state index in [-0.39, 0.29) is 0 Å².